The van der Waals surface area contributed by atoms with Crippen molar-refractivity contribution in [2.75, 3.05) is 26.2 Å². The molecule has 0 aromatic heterocycles. The first-order chi connectivity index (χ1) is 9.78. The Labute approximate surface area is 120 Å². The van der Waals surface area contributed by atoms with E-state index in [9.17, 15) is 4.39 Å². The van der Waals surface area contributed by atoms with E-state index in [0.717, 1.165) is 25.3 Å². The molecule has 20 heavy (non-hydrogen) atoms. The van der Waals surface area contributed by atoms with Crippen LogP contribution in [0, 0.1) is 5.82 Å². The Morgan fingerprint density at radius 3 is 3.20 bits per heavy atom. The van der Waals surface area contributed by atoms with Crippen molar-refractivity contribution in [3.8, 4) is 0 Å². The molecule has 2 aliphatic rings. The van der Waals surface area contributed by atoms with E-state index < -0.39 is 0 Å². The molecule has 2 aliphatic heterocycles. The summed E-state index contributed by atoms with van der Waals surface area (Å²) in [5.74, 6) is -0.180. The molecule has 3 unspecified atom stereocenters. The Morgan fingerprint density at radius 1 is 1.50 bits per heavy atom. The zero-order valence-corrected chi connectivity index (χ0v) is 12.0. The summed E-state index contributed by atoms with van der Waals surface area (Å²) in [5.41, 5.74) is 0.981. The van der Waals surface area contributed by atoms with E-state index >= 15 is 0 Å². The third-order valence-corrected chi connectivity index (χ3v) is 4.42. The topological polar surface area (TPSA) is 24.5 Å². The molecule has 0 aliphatic carbocycles. The molecule has 2 fully saturated rings. The van der Waals surface area contributed by atoms with Gasteiger partial charge in [-0.1, -0.05) is 19.1 Å². The standard InChI is InChI=1S/C16H23FN2O/c1-2-18-16(12-5-3-6-13(17)9-12)15-10-19-8-4-7-14(19)11-20-15/h3,5-6,9,14-16,18H,2,4,7-8,10-11H2,1H3. The highest BCUT2D eigenvalue weighted by Crippen LogP contribution is 2.29. The first-order valence-corrected chi connectivity index (χ1v) is 7.62. The molecule has 3 nitrogen and oxygen atoms in total. The lowest BCUT2D eigenvalue weighted by atomic mass is 9.99. The quantitative estimate of drug-likeness (QED) is 0.915. The Balaban J connectivity index is 1.76. The molecule has 0 spiro atoms. The van der Waals surface area contributed by atoms with Crippen LogP contribution in [0.25, 0.3) is 0 Å². The van der Waals surface area contributed by atoms with Crippen LogP contribution in [-0.2, 0) is 4.74 Å². The van der Waals surface area contributed by atoms with E-state index in [1.807, 2.05) is 6.07 Å². The van der Waals surface area contributed by atoms with Crippen LogP contribution in [-0.4, -0.2) is 43.3 Å². The number of rotatable bonds is 4. The normalized spacial score (nSPS) is 28.3. The van der Waals surface area contributed by atoms with Gasteiger partial charge in [-0.05, 0) is 43.6 Å². The maximum atomic E-state index is 13.5. The van der Waals surface area contributed by atoms with Gasteiger partial charge in [0.05, 0.1) is 18.8 Å². The maximum Gasteiger partial charge on any atom is 0.123 e. The minimum absolute atomic E-state index is 0.0669. The lowest BCUT2D eigenvalue weighted by Crippen LogP contribution is -2.50. The second-order valence-corrected chi connectivity index (χ2v) is 5.75. The summed E-state index contributed by atoms with van der Waals surface area (Å²) >= 11 is 0. The number of fused-ring (bicyclic) bond motifs is 1. The molecule has 1 N–H and O–H groups in total. The Hall–Kier alpha value is -0.970. The molecule has 1 aromatic carbocycles. The van der Waals surface area contributed by atoms with Crippen molar-refractivity contribution in [2.24, 2.45) is 0 Å². The van der Waals surface area contributed by atoms with Crippen LogP contribution in [0.1, 0.15) is 31.4 Å². The fraction of sp³-hybridized carbons (Fsp3) is 0.625. The van der Waals surface area contributed by atoms with Gasteiger partial charge in [0.25, 0.3) is 0 Å². The van der Waals surface area contributed by atoms with Crippen LogP contribution < -0.4 is 5.32 Å². The van der Waals surface area contributed by atoms with Crippen LogP contribution in [0.2, 0.25) is 0 Å². The number of hydrogen-bond acceptors (Lipinski definition) is 3. The summed E-state index contributed by atoms with van der Waals surface area (Å²) in [4.78, 5) is 2.53. The first-order valence-electron chi connectivity index (χ1n) is 7.62. The number of halogens is 1. The van der Waals surface area contributed by atoms with Gasteiger partial charge < -0.3 is 10.1 Å². The predicted molar refractivity (Wildman–Crippen MR) is 77.2 cm³/mol. The Bertz CT molecular complexity index is 454. The molecular weight excluding hydrogens is 255 g/mol. The van der Waals surface area contributed by atoms with Crippen molar-refractivity contribution >= 4 is 0 Å². The van der Waals surface area contributed by atoms with Crippen molar-refractivity contribution in [1.29, 1.82) is 0 Å². The molecule has 2 saturated heterocycles. The number of ether oxygens (including phenoxy) is 1. The minimum atomic E-state index is -0.180. The summed E-state index contributed by atoms with van der Waals surface area (Å²) < 4.78 is 19.5. The van der Waals surface area contributed by atoms with E-state index in [2.05, 4.69) is 17.1 Å². The van der Waals surface area contributed by atoms with Gasteiger partial charge in [0.2, 0.25) is 0 Å². The SMILES string of the molecule is CCNC(c1cccc(F)c1)C1CN2CCCC2CO1. The van der Waals surface area contributed by atoms with Crippen molar-refractivity contribution in [2.45, 2.75) is 38.0 Å². The second kappa shape index (κ2) is 6.20. The highest BCUT2D eigenvalue weighted by atomic mass is 19.1. The minimum Gasteiger partial charge on any atom is -0.373 e. The van der Waals surface area contributed by atoms with Gasteiger partial charge >= 0.3 is 0 Å². The average Bonchev–Trinajstić information content (AvgIpc) is 2.92. The van der Waals surface area contributed by atoms with Crippen molar-refractivity contribution < 1.29 is 9.13 Å². The summed E-state index contributed by atoms with van der Waals surface area (Å²) in [6.45, 7) is 5.85. The molecular formula is C16H23FN2O. The van der Waals surface area contributed by atoms with Gasteiger partial charge in [-0.2, -0.15) is 0 Å². The van der Waals surface area contributed by atoms with Crippen molar-refractivity contribution in [1.82, 2.24) is 10.2 Å². The molecule has 4 heteroatoms. The largest absolute Gasteiger partial charge is 0.373 e. The summed E-state index contributed by atoms with van der Waals surface area (Å²) in [6.07, 6.45) is 2.62. The van der Waals surface area contributed by atoms with E-state index in [0.29, 0.717) is 6.04 Å². The third kappa shape index (κ3) is 2.87. The van der Waals surface area contributed by atoms with Gasteiger partial charge in [0.1, 0.15) is 5.82 Å². The number of likely N-dealkylation sites (N-methyl/N-ethyl adjacent to an activating group) is 1. The van der Waals surface area contributed by atoms with Gasteiger partial charge in [-0.15, -0.1) is 0 Å². The van der Waals surface area contributed by atoms with Crippen LogP contribution >= 0.6 is 0 Å². The summed E-state index contributed by atoms with van der Waals surface area (Å²) in [5, 5.41) is 3.46. The van der Waals surface area contributed by atoms with Crippen molar-refractivity contribution in [3.63, 3.8) is 0 Å². The number of hydrogen-bond donors (Lipinski definition) is 1. The summed E-state index contributed by atoms with van der Waals surface area (Å²) in [7, 11) is 0. The highest BCUT2D eigenvalue weighted by molar-refractivity contribution is 5.22. The first kappa shape index (κ1) is 14.0. The summed E-state index contributed by atoms with van der Waals surface area (Å²) in [6, 6.07) is 7.53. The number of nitrogens with zero attached hydrogens (tertiary/aromatic N) is 1. The van der Waals surface area contributed by atoms with Gasteiger partial charge in [0.15, 0.2) is 0 Å². The number of benzene rings is 1. The van der Waals surface area contributed by atoms with Crippen LogP contribution in [0.3, 0.4) is 0 Å². The molecule has 0 bridgehead atoms. The maximum absolute atomic E-state index is 13.5. The Morgan fingerprint density at radius 2 is 2.40 bits per heavy atom. The highest BCUT2D eigenvalue weighted by Gasteiger charge is 2.36. The third-order valence-electron chi connectivity index (χ3n) is 4.42. The molecule has 3 atom stereocenters. The predicted octanol–water partition coefficient (Wildman–Crippen LogP) is 2.34. The second-order valence-electron chi connectivity index (χ2n) is 5.75. The van der Waals surface area contributed by atoms with Gasteiger partial charge in [0, 0.05) is 12.6 Å². The molecule has 1 aromatic rings. The molecule has 2 heterocycles. The monoisotopic (exact) mass is 278 g/mol. The molecule has 0 saturated carbocycles. The van der Waals surface area contributed by atoms with E-state index in [1.54, 1.807) is 12.1 Å². The fourth-order valence-electron chi connectivity index (χ4n) is 3.43. The average molecular weight is 278 g/mol. The van der Waals surface area contributed by atoms with E-state index in [-0.39, 0.29) is 18.0 Å². The van der Waals surface area contributed by atoms with Gasteiger partial charge in [-0.3, -0.25) is 4.90 Å². The van der Waals surface area contributed by atoms with Crippen LogP contribution in [0.15, 0.2) is 24.3 Å². The van der Waals surface area contributed by atoms with Crippen LogP contribution in [0.4, 0.5) is 4.39 Å². The van der Waals surface area contributed by atoms with Gasteiger partial charge in [-0.25, -0.2) is 4.39 Å². The lowest BCUT2D eigenvalue weighted by molar-refractivity contribution is -0.0651. The fourth-order valence-corrected chi connectivity index (χ4v) is 3.43. The van der Waals surface area contributed by atoms with E-state index in [1.165, 1.54) is 25.5 Å². The van der Waals surface area contributed by atoms with Crippen molar-refractivity contribution in [3.05, 3.63) is 35.6 Å². The lowest BCUT2D eigenvalue weighted by Gasteiger charge is -2.39. The Kier molecular flexibility index (Phi) is 4.34. The number of morpholine rings is 1. The molecule has 0 amide bonds. The zero-order valence-electron chi connectivity index (χ0n) is 12.0. The van der Waals surface area contributed by atoms with E-state index in [4.69, 9.17) is 4.74 Å². The molecule has 3 rings (SSSR count). The molecule has 110 valence electrons. The number of nitrogens with one attached hydrogen (secondary N) is 1. The molecule has 0 radical (unpaired) electrons. The smallest absolute Gasteiger partial charge is 0.123 e. The zero-order chi connectivity index (χ0) is 13.9. The van der Waals surface area contributed by atoms with Crippen LogP contribution in [0.5, 0.6) is 0 Å².